The molecule has 0 saturated carbocycles. The van der Waals surface area contributed by atoms with Crippen molar-refractivity contribution >= 4 is 28.5 Å². The lowest BCUT2D eigenvalue weighted by Crippen LogP contribution is -2.49. The molecule has 1 aromatic heterocycles. The van der Waals surface area contributed by atoms with Gasteiger partial charge in [0.25, 0.3) is 0 Å². The predicted molar refractivity (Wildman–Crippen MR) is 127 cm³/mol. The quantitative estimate of drug-likeness (QED) is 0.564. The molecule has 5 rings (SSSR count). The van der Waals surface area contributed by atoms with Crippen molar-refractivity contribution in [1.82, 2.24) is 15.2 Å². The molecule has 2 N–H and O–H groups in total. The van der Waals surface area contributed by atoms with E-state index in [1.807, 2.05) is 17.0 Å². The SMILES string of the molecule is O=C1CCN(c2cnc3ccc(C4(O)CCN(Cc5ccccc5C(F)(F)F)CC4)cc3c2)C(=O)N1. The smallest absolute Gasteiger partial charge is 0.385 e. The molecule has 2 aromatic carbocycles. The molecule has 10 heteroatoms. The maximum absolute atomic E-state index is 13.4. The second-order valence-corrected chi connectivity index (χ2v) is 9.32. The van der Waals surface area contributed by atoms with Gasteiger partial charge in [0, 0.05) is 38.0 Å². The monoisotopic (exact) mass is 498 g/mol. The number of fused-ring (bicyclic) bond motifs is 1. The number of benzene rings is 2. The number of imide groups is 1. The minimum absolute atomic E-state index is 0.164. The van der Waals surface area contributed by atoms with Gasteiger partial charge in [-0.1, -0.05) is 24.3 Å². The number of aromatic nitrogens is 1. The molecule has 2 aliphatic rings. The molecule has 2 fully saturated rings. The van der Waals surface area contributed by atoms with Gasteiger partial charge in [0.15, 0.2) is 0 Å². The molecule has 2 aliphatic heterocycles. The van der Waals surface area contributed by atoms with Gasteiger partial charge in [-0.05, 0) is 48.2 Å². The number of piperidine rings is 1. The maximum Gasteiger partial charge on any atom is 0.416 e. The van der Waals surface area contributed by atoms with Gasteiger partial charge < -0.3 is 5.11 Å². The summed E-state index contributed by atoms with van der Waals surface area (Å²) in [5, 5.41) is 14.5. The Bertz CT molecular complexity index is 1320. The Morgan fingerprint density at radius 1 is 1.03 bits per heavy atom. The molecule has 36 heavy (non-hydrogen) atoms. The van der Waals surface area contributed by atoms with E-state index >= 15 is 0 Å². The molecule has 3 amide bonds. The highest BCUT2D eigenvalue weighted by Crippen LogP contribution is 2.37. The number of nitrogens with zero attached hydrogens (tertiary/aromatic N) is 3. The number of carbonyl (C=O) groups is 2. The van der Waals surface area contributed by atoms with Gasteiger partial charge in [0.1, 0.15) is 0 Å². The summed E-state index contributed by atoms with van der Waals surface area (Å²) >= 11 is 0. The summed E-state index contributed by atoms with van der Waals surface area (Å²) in [6.07, 6.45) is -1.89. The van der Waals surface area contributed by atoms with E-state index in [0.29, 0.717) is 42.7 Å². The van der Waals surface area contributed by atoms with E-state index in [2.05, 4.69) is 10.3 Å². The average molecular weight is 499 g/mol. The van der Waals surface area contributed by atoms with Crippen molar-refractivity contribution in [3.8, 4) is 0 Å². The van der Waals surface area contributed by atoms with Crippen molar-refractivity contribution in [3.63, 3.8) is 0 Å². The van der Waals surface area contributed by atoms with Crippen molar-refractivity contribution in [1.29, 1.82) is 0 Å². The zero-order chi connectivity index (χ0) is 25.5. The lowest BCUT2D eigenvalue weighted by atomic mass is 9.83. The third-order valence-electron chi connectivity index (χ3n) is 6.97. The number of carbonyl (C=O) groups excluding carboxylic acids is 2. The van der Waals surface area contributed by atoms with Gasteiger partial charge in [0.2, 0.25) is 5.91 Å². The van der Waals surface area contributed by atoms with E-state index in [1.165, 1.54) is 17.0 Å². The highest BCUT2D eigenvalue weighted by atomic mass is 19.4. The van der Waals surface area contributed by atoms with Crippen LogP contribution in [-0.4, -0.2) is 46.6 Å². The first kappa shape index (κ1) is 24.2. The van der Waals surface area contributed by atoms with E-state index in [1.54, 1.807) is 24.4 Å². The zero-order valence-electron chi connectivity index (χ0n) is 19.4. The number of nitrogens with one attached hydrogen (secondary N) is 1. The fourth-order valence-corrected chi connectivity index (χ4v) is 4.91. The number of amides is 3. The normalized spacial score (nSPS) is 18.9. The van der Waals surface area contributed by atoms with E-state index in [4.69, 9.17) is 0 Å². The molecular formula is C26H25F3N4O3. The molecule has 7 nitrogen and oxygen atoms in total. The predicted octanol–water partition coefficient (Wildman–Crippen LogP) is 4.18. The molecule has 0 aliphatic carbocycles. The van der Waals surface area contributed by atoms with Crippen molar-refractivity contribution in [2.75, 3.05) is 24.5 Å². The van der Waals surface area contributed by atoms with Crippen LogP contribution in [0.4, 0.5) is 23.7 Å². The Morgan fingerprint density at radius 3 is 2.50 bits per heavy atom. The van der Waals surface area contributed by atoms with Crippen LogP contribution in [-0.2, 0) is 23.1 Å². The Balaban J connectivity index is 1.32. The molecule has 3 heterocycles. The number of aliphatic hydroxyl groups is 1. The molecule has 0 atom stereocenters. The largest absolute Gasteiger partial charge is 0.416 e. The summed E-state index contributed by atoms with van der Waals surface area (Å²) in [5.74, 6) is -0.317. The van der Waals surface area contributed by atoms with Gasteiger partial charge in [0.05, 0.1) is 28.6 Å². The summed E-state index contributed by atoms with van der Waals surface area (Å²) in [6.45, 7) is 1.31. The summed E-state index contributed by atoms with van der Waals surface area (Å²) < 4.78 is 40.1. The molecule has 0 unspecified atom stereocenters. The highest BCUT2D eigenvalue weighted by Gasteiger charge is 2.36. The summed E-state index contributed by atoms with van der Waals surface area (Å²) in [7, 11) is 0. The average Bonchev–Trinajstić information content (AvgIpc) is 2.84. The van der Waals surface area contributed by atoms with Gasteiger partial charge >= 0.3 is 12.2 Å². The minimum Gasteiger partial charge on any atom is -0.385 e. The van der Waals surface area contributed by atoms with Crippen LogP contribution >= 0.6 is 0 Å². The van der Waals surface area contributed by atoms with Crippen LogP contribution in [0, 0.1) is 0 Å². The Morgan fingerprint density at radius 2 is 1.78 bits per heavy atom. The highest BCUT2D eigenvalue weighted by molar-refractivity contribution is 6.06. The van der Waals surface area contributed by atoms with E-state index in [9.17, 15) is 27.9 Å². The number of hydrogen-bond donors (Lipinski definition) is 2. The van der Waals surface area contributed by atoms with Gasteiger partial charge in [-0.3, -0.25) is 24.9 Å². The third-order valence-corrected chi connectivity index (χ3v) is 6.97. The van der Waals surface area contributed by atoms with Crippen molar-refractivity contribution < 1.29 is 27.9 Å². The number of rotatable bonds is 4. The van der Waals surface area contributed by atoms with E-state index in [-0.39, 0.29) is 31.0 Å². The molecule has 2 saturated heterocycles. The molecule has 3 aromatic rings. The zero-order valence-corrected chi connectivity index (χ0v) is 19.4. The summed E-state index contributed by atoms with van der Waals surface area (Å²) in [4.78, 5) is 31.4. The summed E-state index contributed by atoms with van der Waals surface area (Å²) in [6, 6.07) is 12.3. The van der Waals surface area contributed by atoms with Gasteiger partial charge in [-0.2, -0.15) is 13.2 Å². The Kier molecular flexibility index (Phi) is 6.17. The molecule has 0 spiro atoms. The van der Waals surface area contributed by atoms with Gasteiger partial charge in [-0.15, -0.1) is 0 Å². The first-order valence-corrected chi connectivity index (χ1v) is 11.7. The standard InChI is InChI=1S/C26H25F3N4O3/c27-26(28,29)21-4-2-1-3-17(21)16-32-11-8-25(36,9-12-32)19-5-6-22-18(13-19)14-20(15-30-22)33-10-7-23(34)31-24(33)35/h1-6,13-15,36H,7-12,16H2,(H,31,34,35). The lowest BCUT2D eigenvalue weighted by Gasteiger charge is -2.39. The Labute approximate surface area is 205 Å². The van der Waals surface area contributed by atoms with Crippen LogP contribution in [0.25, 0.3) is 10.9 Å². The molecule has 188 valence electrons. The molecular weight excluding hydrogens is 473 g/mol. The Hall–Kier alpha value is -3.50. The first-order valence-electron chi connectivity index (χ1n) is 11.7. The minimum atomic E-state index is -4.41. The number of likely N-dealkylation sites (tertiary alicyclic amines) is 1. The fourth-order valence-electron chi connectivity index (χ4n) is 4.91. The first-order chi connectivity index (χ1) is 17.1. The van der Waals surface area contributed by atoms with Crippen LogP contribution < -0.4 is 10.2 Å². The maximum atomic E-state index is 13.4. The van der Waals surface area contributed by atoms with Crippen LogP contribution in [0.5, 0.6) is 0 Å². The number of alkyl halides is 3. The van der Waals surface area contributed by atoms with Crippen molar-refractivity contribution in [3.05, 3.63) is 71.4 Å². The number of pyridine rings is 1. The number of hydrogen-bond acceptors (Lipinski definition) is 5. The fraction of sp³-hybridized carbons (Fsp3) is 0.346. The van der Waals surface area contributed by atoms with Crippen molar-refractivity contribution in [2.45, 2.75) is 37.6 Å². The van der Waals surface area contributed by atoms with Crippen LogP contribution in [0.15, 0.2) is 54.7 Å². The van der Waals surface area contributed by atoms with E-state index < -0.39 is 23.4 Å². The van der Waals surface area contributed by atoms with Crippen LogP contribution in [0.2, 0.25) is 0 Å². The topological polar surface area (TPSA) is 85.8 Å². The van der Waals surface area contributed by atoms with Gasteiger partial charge in [-0.25, -0.2) is 4.79 Å². The second-order valence-electron chi connectivity index (χ2n) is 9.32. The van der Waals surface area contributed by atoms with Crippen molar-refractivity contribution in [2.24, 2.45) is 0 Å². The summed E-state index contributed by atoms with van der Waals surface area (Å²) in [5.41, 5.74) is 0.413. The van der Waals surface area contributed by atoms with Crippen LogP contribution in [0.3, 0.4) is 0 Å². The third kappa shape index (κ3) is 4.78. The number of anilines is 1. The molecule has 0 radical (unpaired) electrons. The van der Waals surface area contributed by atoms with E-state index in [0.717, 1.165) is 11.5 Å². The molecule has 0 bridgehead atoms. The second kappa shape index (κ2) is 9.18. The van der Waals surface area contributed by atoms with Crippen LogP contribution in [0.1, 0.15) is 36.0 Å². The number of urea groups is 1. The lowest BCUT2D eigenvalue weighted by molar-refractivity contribution is -0.138. The number of halogens is 3.